The Morgan fingerprint density at radius 1 is 1.25 bits per heavy atom. The average Bonchev–Trinajstić information content (AvgIpc) is 2.95. The summed E-state index contributed by atoms with van der Waals surface area (Å²) in [4.78, 5) is 13.7. The molecule has 0 amide bonds. The SMILES string of the molecule is CCS(=O)(=O)N1CCN(c2ncnc3[nH]ccc23)CC1. The van der Waals surface area contributed by atoms with Gasteiger partial charge >= 0.3 is 0 Å². The highest BCUT2D eigenvalue weighted by molar-refractivity contribution is 7.89. The second-order valence-electron chi connectivity index (χ2n) is 4.72. The van der Waals surface area contributed by atoms with Crippen molar-refractivity contribution < 1.29 is 8.42 Å². The van der Waals surface area contributed by atoms with Crippen LogP contribution >= 0.6 is 0 Å². The van der Waals surface area contributed by atoms with E-state index < -0.39 is 10.0 Å². The Morgan fingerprint density at radius 2 is 2.00 bits per heavy atom. The Kier molecular flexibility index (Phi) is 3.35. The molecule has 0 bridgehead atoms. The first-order valence-electron chi connectivity index (χ1n) is 6.62. The van der Waals surface area contributed by atoms with Gasteiger partial charge in [0.05, 0.1) is 11.1 Å². The van der Waals surface area contributed by atoms with Crippen molar-refractivity contribution in [2.75, 3.05) is 36.8 Å². The normalized spacial score (nSPS) is 17.8. The molecule has 1 N–H and O–H groups in total. The van der Waals surface area contributed by atoms with Gasteiger partial charge in [-0.05, 0) is 13.0 Å². The lowest BCUT2D eigenvalue weighted by Crippen LogP contribution is -2.49. The molecule has 2 aromatic rings. The molecular formula is C12H17N5O2S. The van der Waals surface area contributed by atoms with Crippen LogP contribution < -0.4 is 4.90 Å². The van der Waals surface area contributed by atoms with Gasteiger partial charge in [0.25, 0.3) is 0 Å². The molecule has 0 aromatic carbocycles. The maximum absolute atomic E-state index is 11.8. The minimum Gasteiger partial charge on any atom is -0.353 e. The van der Waals surface area contributed by atoms with E-state index in [1.165, 1.54) is 6.33 Å². The first-order valence-corrected chi connectivity index (χ1v) is 8.23. The largest absolute Gasteiger partial charge is 0.353 e. The number of sulfonamides is 1. The smallest absolute Gasteiger partial charge is 0.213 e. The number of nitrogens with one attached hydrogen (secondary N) is 1. The monoisotopic (exact) mass is 295 g/mol. The van der Waals surface area contributed by atoms with Gasteiger partial charge in [0.1, 0.15) is 17.8 Å². The predicted octanol–water partition coefficient (Wildman–Crippen LogP) is 0.430. The third-order valence-corrected chi connectivity index (χ3v) is 5.51. The van der Waals surface area contributed by atoms with Crippen molar-refractivity contribution in [2.24, 2.45) is 0 Å². The van der Waals surface area contributed by atoms with Crippen LogP contribution in [0.4, 0.5) is 5.82 Å². The van der Waals surface area contributed by atoms with Gasteiger partial charge in [0, 0.05) is 32.4 Å². The first-order chi connectivity index (χ1) is 9.62. The molecule has 7 nitrogen and oxygen atoms in total. The van der Waals surface area contributed by atoms with Crippen molar-refractivity contribution in [3.8, 4) is 0 Å². The number of fused-ring (bicyclic) bond motifs is 1. The number of hydrogen-bond donors (Lipinski definition) is 1. The van der Waals surface area contributed by atoms with E-state index >= 15 is 0 Å². The molecule has 1 saturated heterocycles. The van der Waals surface area contributed by atoms with E-state index in [1.807, 2.05) is 12.3 Å². The summed E-state index contributed by atoms with van der Waals surface area (Å²) < 4.78 is 25.2. The van der Waals surface area contributed by atoms with Crippen LogP contribution in [-0.4, -0.2) is 59.6 Å². The number of aromatic amines is 1. The molecular weight excluding hydrogens is 278 g/mol. The molecule has 3 heterocycles. The van der Waals surface area contributed by atoms with Crippen molar-refractivity contribution in [2.45, 2.75) is 6.92 Å². The molecule has 2 aromatic heterocycles. The summed E-state index contributed by atoms with van der Waals surface area (Å²) in [6, 6.07) is 1.94. The van der Waals surface area contributed by atoms with Gasteiger partial charge in [-0.25, -0.2) is 18.4 Å². The highest BCUT2D eigenvalue weighted by Gasteiger charge is 2.26. The lowest BCUT2D eigenvalue weighted by Gasteiger charge is -2.34. The molecule has 0 spiro atoms. The summed E-state index contributed by atoms with van der Waals surface area (Å²) >= 11 is 0. The Hall–Kier alpha value is -1.67. The summed E-state index contributed by atoms with van der Waals surface area (Å²) in [6.45, 7) is 3.99. The molecule has 8 heteroatoms. The van der Waals surface area contributed by atoms with E-state index in [9.17, 15) is 8.42 Å². The quantitative estimate of drug-likeness (QED) is 0.888. The highest BCUT2D eigenvalue weighted by atomic mass is 32.2. The molecule has 0 aliphatic carbocycles. The molecule has 1 aliphatic rings. The first kappa shape index (κ1) is 13.3. The third-order valence-electron chi connectivity index (χ3n) is 3.63. The van der Waals surface area contributed by atoms with Crippen LogP contribution in [0.1, 0.15) is 6.92 Å². The lowest BCUT2D eigenvalue weighted by atomic mass is 10.3. The van der Waals surface area contributed by atoms with Crippen molar-refractivity contribution in [3.05, 3.63) is 18.6 Å². The van der Waals surface area contributed by atoms with Gasteiger partial charge in [-0.2, -0.15) is 4.31 Å². The van der Waals surface area contributed by atoms with Crippen molar-refractivity contribution in [3.63, 3.8) is 0 Å². The van der Waals surface area contributed by atoms with Crippen LogP contribution in [0, 0.1) is 0 Å². The van der Waals surface area contributed by atoms with Gasteiger partial charge in [0.2, 0.25) is 10.0 Å². The number of H-pyrrole nitrogens is 1. The predicted molar refractivity (Wildman–Crippen MR) is 77.1 cm³/mol. The lowest BCUT2D eigenvalue weighted by molar-refractivity contribution is 0.385. The van der Waals surface area contributed by atoms with Crippen molar-refractivity contribution in [1.82, 2.24) is 19.3 Å². The maximum atomic E-state index is 11.8. The maximum Gasteiger partial charge on any atom is 0.213 e. The van der Waals surface area contributed by atoms with Crippen LogP contribution in [0.2, 0.25) is 0 Å². The summed E-state index contributed by atoms with van der Waals surface area (Å²) in [5.41, 5.74) is 0.804. The van der Waals surface area contributed by atoms with Crippen LogP contribution in [-0.2, 0) is 10.0 Å². The van der Waals surface area contributed by atoms with Gasteiger partial charge in [-0.15, -0.1) is 0 Å². The highest BCUT2D eigenvalue weighted by Crippen LogP contribution is 2.23. The van der Waals surface area contributed by atoms with Crippen molar-refractivity contribution >= 4 is 26.9 Å². The van der Waals surface area contributed by atoms with E-state index in [0.29, 0.717) is 26.2 Å². The fourth-order valence-corrected chi connectivity index (χ4v) is 3.56. The Balaban J connectivity index is 1.80. The third kappa shape index (κ3) is 2.25. The van der Waals surface area contributed by atoms with Gasteiger partial charge < -0.3 is 9.88 Å². The average molecular weight is 295 g/mol. The van der Waals surface area contributed by atoms with Gasteiger partial charge in [-0.1, -0.05) is 0 Å². The van der Waals surface area contributed by atoms with Gasteiger partial charge in [0.15, 0.2) is 0 Å². The molecule has 1 fully saturated rings. The topological polar surface area (TPSA) is 82.2 Å². The van der Waals surface area contributed by atoms with Crippen molar-refractivity contribution in [1.29, 1.82) is 0 Å². The molecule has 0 radical (unpaired) electrons. The number of rotatable bonds is 3. The van der Waals surface area contributed by atoms with Crippen LogP contribution in [0.25, 0.3) is 11.0 Å². The van der Waals surface area contributed by atoms with E-state index in [4.69, 9.17) is 0 Å². The Bertz CT molecular complexity index is 703. The zero-order valence-corrected chi connectivity index (χ0v) is 12.1. The van der Waals surface area contributed by atoms with Gasteiger partial charge in [-0.3, -0.25) is 0 Å². The standard InChI is InChI=1S/C12H17N5O2S/c1-2-20(18,19)17-7-5-16(6-8-17)12-10-3-4-13-11(10)14-9-15-12/h3-4,9H,2,5-8H2,1H3,(H,13,14,15). The van der Waals surface area contributed by atoms with Crippen LogP contribution in [0.15, 0.2) is 18.6 Å². The number of aromatic nitrogens is 3. The number of hydrogen-bond acceptors (Lipinski definition) is 5. The summed E-state index contributed by atoms with van der Waals surface area (Å²) in [6.07, 6.45) is 3.37. The van der Waals surface area contributed by atoms with E-state index in [2.05, 4.69) is 19.9 Å². The number of nitrogens with zero attached hydrogens (tertiary/aromatic N) is 4. The molecule has 0 saturated carbocycles. The molecule has 3 rings (SSSR count). The zero-order chi connectivity index (χ0) is 14.2. The fraction of sp³-hybridized carbons (Fsp3) is 0.500. The molecule has 20 heavy (non-hydrogen) atoms. The summed E-state index contributed by atoms with van der Waals surface area (Å²) in [5, 5.41) is 0.972. The molecule has 0 unspecified atom stereocenters. The van der Waals surface area contributed by atoms with Crippen LogP contribution in [0.3, 0.4) is 0 Å². The van der Waals surface area contributed by atoms with Crippen LogP contribution in [0.5, 0.6) is 0 Å². The number of piperazine rings is 1. The van der Waals surface area contributed by atoms with E-state index in [1.54, 1.807) is 11.2 Å². The molecule has 1 aliphatic heterocycles. The van der Waals surface area contributed by atoms with E-state index in [-0.39, 0.29) is 5.75 Å². The Morgan fingerprint density at radius 3 is 2.70 bits per heavy atom. The summed E-state index contributed by atoms with van der Waals surface area (Å²) in [5.74, 6) is 1.02. The van der Waals surface area contributed by atoms with E-state index in [0.717, 1.165) is 16.9 Å². The second kappa shape index (κ2) is 5.02. The minimum atomic E-state index is -3.09. The second-order valence-corrected chi connectivity index (χ2v) is 6.98. The zero-order valence-electron chi connectivity index (χ0n) is 11.3. The molecule has 0 atom stereocenters. The Labute approximate surface area is 117 Å². The minimum absolute atomic E-state index is 0.155. The summed E-state index contributed by atoms with van der Waals surface area (Å²) in [7, 11) is -3.09. The molecule has 108 valence electrons. The number of anilines is 1. The fourth-order valence-electron chi connectivity index (χ4n) is 2.47.